The molecule has 2 nitrogen and oxygen atoms in total. The zero-order chi connectivity index (χ0) is 12.3. The monoisotopic (exact) mass is 246 g/mol. The van der Waals surface area contributed by atoms with Crippen LogP contribution in [-0.2, 0) is 6.54 Å². The van der Waals surface area contributed by atoms with Gasteiger partial charge < -0.3 is 10.2 Å². The molecular formula is C14H18N2S. The standard InChI is InChI=1S/C14H18N2S/c1-15-9-11-8-14(17-10-11)12-4-6-13(7-5-12)16(2)3/h4-8,10,15H,9H2,1-3H3. The molecule has 3 heteroatoms. The molecule has 0 aliphatic carbocycles. The van der Waals surface area contributed by atoms with E-state index in [2.05, 4.69) is 60.0 Å². The van der Waals surface area contributed by atoms with E-state index in [0.29, 0.717) is 0 Å². The molecule has 0 bridgehead atoms. The van der Waals surface area contributed by atoms with E-state index in [9.17, 15) is 0 Å². The fourth-order valence-corrected chi connectivity index (χ4v) is 2.67. The van der Waals surface area contributed by atoms with Crippen molar-refractivity contribution in [3.05, 3.63) is 41.3 Å². The molecule has 0 saturated carbocycles. The molecule has 0 spiro atoms. The van der Waals surface area contributed by atoms with Crippen LogP contribution in [-0.4, -0.2) is 21.1 Å². The maximum Gasteiger partial charge on any atom is 0.0361 e. The van der Waals surface area contributed by atoms with Crippen molar-refractivity contribution in [2.24, 2.45) is 0 Å². The fraction of sp³-hybridized carbons (Fsp3) is 0.286. The Hall–Kier alpha value is -1.32. The topological polar surface area (TPSA) is 15.3 Å². The van der Waals surface area contributed by atoms with Gasteiger partial charge >= 0.3 is 0 Å². The van der Waals surface area contributed by atoms with Crippen LogP contribution in [0.5, 0.6) is 0 Å². The molecule has 1 aromatic heterocycles. The lowest BCUT2D eigenvalue weighted by atomic mass is 10.1. The van der Waals surface area contributed by atoms with Crippen LogP contribution in [0.2, 0.25) is 0 Å². The van der Waals surface area contributed by atoms with Gasteiger partial charge in [0.15, 0.2) is 0 Å². The summed E-state index contributed by atoms with van der Waals surface area (Å²) in [6.45, 7) is 0.937. The van der Waals surface area contributed by atoms with E-state index in [0.717, 1.165) is 6.54 Å². The lowest BCUT2D eigenvalue weighted by Crippen LogP contribution is -2.07. The zero-order valence-corrected chi connectivity index (χ0v) is 11.3. The molecule has 17 heavy (non-hydrogen) atoms. The highest BCUT2D eigenvalue weighted by Crippen LogP contribution is 2.28. The number of rotatable bonds is 4. The predicted octanol–water partition coefficient (Wildman–Crippen LogP) is 3.20. The van der Waals surface area contributed by atoms with Crippen molar-refractivity contribution in [1.29, 1.82) is 0 Å². The number of benzene rings is 1. The van der Waals surface area contributed by atoms with Crippen LogP contribution in [0.1, 0.15) is 5.56 Å². The van der Waals surface area contributed by atoms with Gasteiger partial charge in [-0.05, 0) is 41.8 Å². The van der Waals surface area contributed by atoms with Crippen molar-refractivity contribution < 1.29 is 0 Å². The van der Waals surface area contributed by atoms with E-state index < -0.39 is 0 Å². The molecule has 2 rings (SSSR count). The van der Waals surface area contributed by atoms with Crippen molar-refractivity contribution >= 4 is 17.0 Å². The van der Waals surface area contributed by atoms with E-state index in [1.54, 1.807) is 11.3 Å². The van der Waals surface area contributed by atoms with Crippen molar-refractivity contribution in [1.82, 2.24) is 5.32 Å². The average Bonchev–Trinajstić information content (AvgIpc) is 2.78. The van der Waals surface area contributed by atoms with Crippen LogP contribution in [0.4, 0.5) is 5.69 Å². The summed E-state index contributed by atoms with van der Waals surface area (Å²) in [5.74, 6) is 0. The molecule has 0 fully saturated rings. The molecule has 1 N–H and O–H groups in total. The Morgan fingerprint density at radius 3 is 2.47 bits per heavy atom. The third-order valence-corrected chi connectivity index (χ3v) is 3.73. The molecule has 0 aliphatic heterocycles. The molecule has 0 atom stereocenters. The first-order chi connectivity index (χ1) is 8.20. The Bertz CT molecular complexity index is 471. The largest absolute Gasteiger partial charge is 0.378 e. The van der Waals surface area contributed by atoms with Crippen LogP contribution in [0, 0.1) is 0 Å². The summed E-state index contributed by atoms with van der Waals surface area (Å²) in [6, 6.07) is 10.9. The lowest BCUT2D eigenvalue weighted by Gasteiger charge is -2.12. The van der Waals surface area contributed by atoms with Crippen LogP contribution < -0.4 is 10.2 Å². The number of thiophene rings is 1. The number of hydrogen-bond donors (Lipinski definition) is 1. The van der Waals surface area contributed by atoms with Gasteiger partial charge in [-0.15, -0.1) is 11.3 Å². The van der Waals surface area contributed by atoms with Crippen molar-refractivity contribution in [3.8, 4) is 10.4 Å². The Morgan fingerprint density at radius 2 is 1.88 bits per heavy atom. The highest BCUT2D eigenvalue weighted by atomic mass is 32.1. The molecule has 1 heterocycles. The van der Waals surface area contributed by atoms with Crippen LogP contribution >= 0.6 is 11.3 Å². The van der Waals surface area contributed by atoms with Gasteiger partial charge in [0, 0.05) is 31.2 Å². The Labute approximate surface area is 107 Å². The Morgan fingerprint density at radius 1 is 1.18 bits per heavy atom. The van der Waals surface area contributed by atoms with Gasteiger partial charge in [0.2, 0.25) is 0 Å². The smallest absolute Gasteiger partial charge is 0.0361 e. The summed E-state index contributed by atoms with van der Waals surface area (Å²) in [5, 5.41) is 5.39. The summed E-state index contributed by atoms with van der Waals surface area (Å²) >= 11 is 1.80. The van der Waals surface area contributed by atoms with Gasteiger partial charge in [0.25, 0.3) is 0 Å². The van der Waals surface area contributed by atoms with Gasteiger partial charge in [-0.1, -0.05) is 12.1 Å². The minimum Gasteiger partial charge on any atom is -0.378 e. The van der Waals surface area contributed by atoms with E-state index >= 15 is 0 Å². The van der Waals surface area contributed by atoms with Gasteiger partial charge in [-0.3, -0.25) is 0 Å². The number of nitrogens with zero attached hydrogens (tertiary/aromatic N) is 1. The summed E-state index contributed by atoms with van der Waals surface area (Å²) < 4.78 is 0. The quantitative estimate of drug-likeness (QED) is 0.891. The van der Waals surface area contributed by atoms with E-state index in [1.165, 1.54) is 21.7 Å². The van der Waals surface area contributed by atoms with Crippen molar-refractivity contribution in [2.45, 2.75) is 6.54 Å². The lowest BCUT2D eigenvalue weighted by molar-refractivity contribution is 0.821. The second-order valence-corrected chi connectivity index (χ2v) is 5.20. The highest BCUT2D eigenvalue weighted by molar-refractivity contribution is 7.13. The second kappa shape index (κ2) is 5.34. The Kier molecular flexibility index (Phi) is 3.82. The zero-order valence-electron chi connectivity index (χ0n) is 10.5. The minimum absolute atomic E-state index is 0.937. The molecule has 0 amide bonds. The molecule has 0 saturated heterocycles. The van der Waals surface area contributed by atoms with Gasteiger partial charge in [0.1, 0.15) is 0 Å². The summed E-state index contributed by atoms with van der Waals surface area (Å²) in [7, 11) is 6.10. The molecule has 1 aromatic carbocycles. The van der Waals surface area contributed by atoms with Gasteiger partial charge in [-0.2, -0.15) is 0 Å². The van der Waals surface area contributed by atoms with Crippen LogP contribution in [0.25, 0.3) is 10.4 Å². The normalized spacial score (nSPS) is 10.5. The maximum atomic E-state index is 3.17. The summed E-state index contributed by atoms with van der Waals surface area (Å²) in [6.07, 6.45) is 0. The third kappa shape index (κ3) is 2.87. The second-order valence-electron chi connectivity index (χ2n) is 4.29. The first-order valence-corrected chi connectivity index (χ1v) is 6.58. The van der Waals surface area contributed by atoms with Crippen molar-refractivity contribution in [3.63, 3.8) is 0 Å². The highest BCUT2D eigenvalue weighted by Gasteiger charge is 2.03. The van der Waals surface area contributed by atoms with E-state index in [1.807, 2.05) is 7.05 Å². The summed E-state index contributed by atoms with van der Waals surface area (Å²) in [5.41, 5.74) is 3.88. The SMILES string of the molecule is CNCc1csc(-c2ccc(N(C)C)cc2)c1. The van der Waals surface area contributed by atoms with Gasteiger partial charge in [-0.25, -0.2) is 0 Å². The van der Waals surface area contributed by atoms with Crippen molar-refractivity contribution in [2.75, 3.05) is 26.0 Å². The van der Waals surface area contributed by atoms with E-state index in [-0.39, 0.29) is 0 Å². The summed E-state index contributed by atoms with van der Waals surface area (Å²) in [4.78, 5) is 3.45. The Balaban J connectivity index is 2.21. The van der Waals surface area contributed by atoms with Crippen LogP contribution in [0.15, 0.2) is 35.7 Å². The number of nitrogens with one attached hydrogen (secondary N) is 1. The molecule has 0 aliphatic rings. The number of anilines is 1. The minimum atomic E-state index is 0.937. The fourth-order valence-electron chi connectivity index (χ4n) is 1.75. The average molecular weight is 246 g/mol. The van der Waals surface area contributed by atoms with E-state index in [4.69, 9.17) is 0 Å². The molecule has 2 aromatic rings. The maximum absolute atomic E-state index is 3.17. The molecular weight excluding hydrogens is 228 g/mol. The first-order valence-electron chi connectivity index (χ1n) is 5.70. The predicted molar refractivity (Wildman–Crippen MR) is 76.8 cm³/mol. The molecule has 0 radical (unpaired) electrons. The third-order valence-electron chi connectivity index (χ3n) is 2.70. The first kappa shape index (κ1) is 12.1. The molecule has 90 valence electrons. The number of hydrogen-bond acceptors (Lipinski definition) is 3. The van der Waals surface area contributed by atoms with Gasteiger partial charge in [0.05, 0.1) is 0 Å². The van der Waals surface area contributed by atoms with Crippen LogP contribution in [0.3, 0.4) is 0 Å². The molecule has 0 unspecified atom stereocenters.